The molecule has 2 fully saturated rings. The predicted octanol–water partition coefficient (Wildman–Crippen LogP) is 6.93. The van der Waals surface area contributed by atoms with Crippen LogP contribution in [0.4, 0.5) is 0 Å². The van der Waals surface area contributed by atoms with Gasteiger partial charge in [0.15, 0.2) is 18.5 Å². The first-order valence-corrected chi connectivity index (χ1v) is 27.9. The number of unbranched alkanes of at least 4 members (excludes halogenated alkanes) is 1. The van der Waals surface area contributed by atoms with E-state index in [9.17, 15) is 24.0 Å². The van der Waals surface area contributed by atoms with Crippen molar-refractivity contribution in [3.8, 4) is 11.5 Å². The molecule has 0 aromatic heterocycles. The van der Waals surface area contributed by atoms with Gasteiger partial charge < -0.3 is 67.2 Å². The monoisotopic (exact) mass is 1120 g/mol. The summed E-state index contributed by atoms with van der Waals surface area (Å²) in [5.74, 6) is -1.75. The second kappa shape index (κ2) is 31.9. The number of benzene rings is 3. The normalized spacial score (nSPS) is 22.4. The van der Waals surface area contributed by atoms with Crippen LogP contribution in [0.3, 0.4) is 0 Å². The van der Waals surface area contributed by atoms with E-state index in [1.54, 1.807) is 14.2 Å². The van der Waals surface area contributed by atoms with Gasteiger partial charge in [0.2, 0.25) is 18.4 Å². The van der Waals surface area contributed by atoms with E-state index in [4.69, 9.17) is 66.1 Å². The third-order valence-electron chi connectivity index (χ3n) is 13.2. The summed E-state index contributed by atoms with van der Waals surface area (Å²) in [7, 11) is 8.44. The zero-order valence-electron chi connectivity index (χ0n) is 47.1. The summed E-state index contributed by atoms with van der Waals surface area (Å²) in [6.07, 6.45) is -4.15. The summed E-state index contributed by atoms with van der Waals surface area (Å²) in [4.78, 5) is 65.3. The summed E-state index contributed by atoms with van der Waals surface area (Å²) in [5, 5.41) is 5.70. The van der Waals surface area contributed by atoms with Crippen LogP contribution in [-0.2, 0) is 71.8 Å². The van der Waals surface area contributed by atoms with Gasteiger partial charge in [0.1, 0.15) is 56.4 Å². The van der Waals surface area contributed by atoms with Gasteiger partial charge in [-0.3, -0.25) is 24.0 Å². The Bertz CT molecular complexity index is 2380. The lowest BCUT2D eigenvalue weighted by Gasteiger charge is -2.44. The van der Waals surface area contributed by atoms with Gasteiger partial charge in [0.05, 0.1) is 26.9 Å². The van der Waals surface area contributed by atoms with E-state index in [0.717, 1.165) is 30.5 Å². The van der Waals surface area contributed by atoms with E-state index < -0.39 is 86.8 Å². The first kappa shape index (κ1) is 64.1. The lowest BCUT2D eigenvalue weighted by Crippen LogP contribution is -2.66. The average molecular weight is 1120 g/mol. The second-order valence-electron chi connectivity index (χ2n) is 19.7. The standard InChI is InChI=1S/C57H78BN4O16P/c1-36(2)62(37(3)4)79(73-33-31-59-9)78-52-47(55(58)76-49(52)35-72-57(42-18-13-12-14-19-42,43-22-26-45(68-10)27-23-43)44-24-28-46(69-11)29-25-44)20-17-30-60-50(67)21-15-16-32-70-56-51(61-38(5)63)54(75-41(8)66)53(74-40(7)65)48(77-56)34-71-39(6)64/h12-14,18-19,22-29,36-37,47-49,51-56H,15-17,20-21,30-35H2,1-8,10-11H3,(H,60,67)(H,61,63)/t47-,48+,49+,51+,52?,53-,54+,55+,56+,79?/m0/s1. The lowest BCUT2D eigenvalue weighted by molar-refractivity contribution is -0.277. The first-order chi connectivity index (χ1) is 37.8. The third kappa shape index (κ3) is 18.4. The van der Waals surface area contributed by atoms with E-state index >= 15 is 0 Å². The maximum absolute atomic E-state index is 13.3. The maximum atomic E-state index is 13.3. The first-order valence-electron chi connectivity index (χ1n) is 26.7. The molecule has 2 aliphatic heterocycles. The molecule has 79 heavy (non-hydrogen) atoms. The molecule has 2 amide bonds. The smallest absolute Gasteiger partial charge is 0.303 e. The molecule has 10 atom stereocenters. The number of rotatable bonds is 31. The minimum Gasteiger partial charge on any atom is -0.497 e. The fourth-order valence-corrected chi connectivity index (χ4v) is 11.6. The van der Waals surface area contributed by atoms with E-state index in [-0.39, 0.29) is 63.3 Å². The molecule has 22 heteroatoms. The molecule has 2 aliphatic rings. The summed E-state index contributed by atoms with van der Waals surface area (Å²) >= 11 is 0. The Morgan fingerprint density at radius 3 is 1.86 bits per heavy atom. The van der Waals surface area contributed by atoms with Crippen LogP contribution in [0.2, 0.25) is 0 Å². The largest absolute Gasteiger partial charge is 0.497 e. The van der Waals surface area contributed by atoms with Crippen LogP contribution in [-0.4, -0.2) is 157 Å². The molecule has 0 spiro atoms. The van der Waals surface area contributed by atoms with Gasteiger partial charge in [0, 0.05) is 71.3 Å². The van der Waals surface area contributed by atoms with Crippen molar-refractivity contribution in [3.05, 3.63) is 107 Å². The highest BCUT2D eigenvalue weighted by Crippen LogP contribution is 2.51. The molecule has 430 valence electrons. The van der Waals surface area contributed by atoms with Crippen molar-refractivity contribution in [2.45, 2.75) is 154 Å². The van der Waals surface area contributed by atoms with Crippen LogP contribution in [0.25, 0.3) is 4.85 Å². The molecule has 5 rings (SSSR count). The Morgan fingerprint density at radius 2 is 1.32 bits per heavy atom. The van der Waals surface area contributed by atoms with Crippen LogP contribution in [0, 0.1) is 12.5 Å². The number of esters is 3. The summed E-state index contributed by atoms with van der Waals surface area (Å²) in [5.41, 5.74) is 1.38. The number of hydrogen-bond acceptors (Lipinski definition) is 17. The molecule has 3 aromatic carbocycles. The average Bonchev–Trinajstić information content (AvgIpc) is 3.91. The van der Waals surface area contributed by atoms with Crippen LogP contribution < -0.4 is 20.1 Å². The van der Waals surface area contributed by atoms with Crippen LogP contribution in [0.5, 0.6) is 11.5 Å². The van der Waals surface area contributed by atoms with Gasteiger partial charge in [0.25, 0.3) is 8.53 Å². The van der Waals surface area contributed by atoms with Gasteiger partial charge in [-0.05, 0) is 94.3 Å². The Morgan fingerprint density at radius 1 is 0.734 bits per heavy atom. The maximum Gasteiger partial charge on any atom is 0.303 e. The summed E-state index contributed by atoms with van der Waals surface area (Å²) in [6, 6.07) is 23.6. The van der Waals surface area contributed by atoms with Crippen molar-refractivity contribution in [2.24, 2.45) is 5.92 Å². The minimum atomic E-state index is -1.74. The van der Waals surface area contributed by atoms with Crippen molar-refractivity contribution >= 4 is 46.1 Å². The van der Waals surface area contributed by atoms with E-state index in [2.05, 4.69) is 47.8 Å². The number of carbonyl (C=O) groups is 5. The third-order valence-corrected chi connectivity index (χ3v) is 15.4. The topological polar surface area (TPSA) is 219 Å². The van der Waals surface area contributed by atoms with Gasteiger partial charge in [-0.1, -0.05) is 54.6 Å². The van der Waals surface area contributed by atoms with Crippen LogP contribution in [0.15, 0.2) is 78.9 Å². The molecule has 2 saturated heterocycles. The number of amides is 2. The van der Waals surface area contributed by atoms with Gasteiger partial charge in [-0.25, -0.2) is 11.2 Å². The number of nitrogens with zero attached hydrogens (tertiary/aromatic N) is 2. The molecular weight excluding hydrogens is 1040 g/mol. The Balaban J connectivity index is 1.31. The van der Waals surface area contributed by atoms with Crippen molar-refractivity contribution in [1.29, 1.82) is 0 Å². The molecule has 2 heterocycles. The minimum absolute atomic E-state index is 0.0225. The molecular formula is C57H78BN4O16P. The molecule has 3 aromatic rings. The number of hydrogen-bond donors (Lipinski definition) is 2. The lowest BCUT2D eigenvalue weighted by atomic mass is 9.79. The summed E-state index contributed by atoms with van der Waals surface area (Å²) < 4.78 is 69.2. The van der Waals surface area contributed by atoms with Gasteiger partial charge in [-0.15, -0.1) is 0 Å². The van der Waals surface area contributed by atoms with Gasteiger partial charge in [-0.2, -0.15) is 0 Å². The molecule has 0 aliphatic carbocycles. The molecule has 0 bridgehead atoms. The van der Waals surface area contributed by atoms with E-state index in [1.165, 1.54) is 13.8 Å². The SMILES string of the molecule is [B][C@@H]1O[C@H](COC(c2ccccc2)(c2ccc(OC)cc2)c2ccc(OC)cc2)C(OP(OCC[N+]#[C-])N(C(C)C)C(C)C)[C@@H]1CCCNC(=O)CCCCO[C@@H]1O[C@H](COC(C)=O)[C@H](OC(C)=O)[C@H](OC(C)=O)[C@H]1NC(C)=O. The van der Waals surface area contributed by atoms with Crippen molar-refractivity contribution in [2.75, 3.05) is 53.7 Å². The van der Waals surface area contributed by atoms with Gasteiger partial charge >= 0.3 is 17.9 Å². The number of ether oxygens (including phenoxy) is 9. The highest BCUT2D eigenvalue weighted by Gasteiger charge is 2.52. The van der Waals surface area contributed by atoms with E-state index in [1.807, 2.05) is 78.9 Å². The predicted molar refractivity (Wildman–Crippen MR) is 294 cm³/mol. The fourth-order valence-electron chi connectivity index (χ4n) is 9.80. The highest BCUT2D eigenvalue weighted by molar-refractivity contribution is 7.44. The molecule has 2 N–H and O–H groups in total. The molecule has 2 unspecified atom stereocenters. The van der Waals surface area contributed by atoms with Crippen molar-refractivity contribution < 1.29 is 75.7 Å². The zero-order valence-corrected chi connectivity index (χ0v) is 48.0. The fraction of sp³-hybridized carbons (Fsp3) is 0.579. The number of nitrogens with one attached hydrogen (secondary N) is 2. The highest BCUT2D eigenvalue weighted by atomic mass is 31.2. The number of methoxy groups -OCH3 is 2. The number of carbonyl (C=O) groups excluding carboxylic acids is 5. The Hall–Kier alpha value is -5.69. The quantitative estimate of drug-likeness (QED) is 0.0127. The Labute approximate surface area is 467 Å². The Kier molecular flexibility index (Phi) is 25.9. The molecule has 2 radical (unpaired) electrons. The van der Waals surface area contributed by atoms with E-state index in [0.29, 0.717) is 43.7 Å². The van der Waals surface area contributed by atoms with Crippen LogP contribution in [0.1, 0.15) is 104 Å². The zero-order chi connectivity index (χ0) is 57.6. The van der Waals surface area contributed by atoms with Crippen LogP contribution >= 0.6 is 8.53 Å². The second-order valence-corrected chi connectivity index (χ2v) is 21.2. The summed E-state index contributed by atoms with van der Waals surface area (Å²) in [6.45, 7) is 20.9. The molecule has 20 nitrogen and oxygen atoms in total. The van der Waals surface area contributed by atoms with Crippen molar-refractivity contribution in [3.63, 3.8) is 0 Å². The van der Waals surface area contributed by atoms with Crippen molar-refractivity contribution in [1.82, 2.24) is 15.3 Å². The molecule has 0 saturated carbocycles.